The first-order valence-electron chi connectivity index (χ1n) is 10.8. The van der Waals surface area contributed by atoms with Crippen molar-refractivity contribution >= 4 is 17.5 Å². The second-order valence-electron chi connectivity index (χ2n) is 7.91. The summed E-state index contributed by atoms with van der Waals surface area (Å²) in [5.74, 6) is 1.17. The van der Waals surface area contributed by atoms with Crippen molar-refractivity contribution < 1.29 is 4.79 Å². The standard InChI is InChI=1S/C25H28ClN3O/c1-3-16-28(17-4-2)23(30)13-14-25(19-9-11-20(26)12-10-19)22-8-6-5-7-21(22)24-27-15-18-29(24)25/h5-12,15,18H,3-4,13-14,16-17H2,1-2H3. The van der Waals surface area contributed by atoms with Crippen LogP contribution in [0.4, 0.5) is 0 Å². The van der Waals surface area contributed by atoms with Gasteiger partial charge in [-0.25, -0.2) is 4.98 Å². The van der Waals surface area contributed by atoms with Gasteiger partial charge < -0.3 is 9.47 Å². The fourth-order valence-electron chi connectivity index (χ4n) is 4.75. The predicted molar refractivity (Wildman–Crippen MR) is 122 cm³/mol. The summed E-state index contributed by atoms with van der Waals surface area (Å²) in [4.78, 5) is 19.8. The van der Waals surface area contributed by atoms with Crippen LogP contribution in [0.1, 0.15) is 50.7 Å². The highest BCUT2D eigenvalue weighted by molar-refractivity contribution is 6.30. The van der Waals surface area contributed by atoms with Crippen molar-refractivity contribution in [3.05, 3.63) is 77.1 Å². The number of imidazole rings is 1. The molecule has 0 spiro atoms. The first kappa shape index (κ1) is 20.7. The van der Waals surface area contributed by atoms with E-state index in [1.807, 2.05) is 35.5 Å². The molecule has 1 amide bonds. The third-order valence-electron chi connectivity index (χ3n) is 6.03. The Balaban J connectivity index is 1.78. The number of amides is 1. The lowest BCUT2D eigenvalue weighted by atomic mass is 9.79. The van der Waals surface area contributed by atoms with Crippen LogP contribution < -0.4 is 0 Å². The minimum Gasteiger partial charge on any atom is -0.343 e. The van der Waals surface area contributed by atoms with Gasteiger partial charge >= 0.3 is 0 Å². The smallest absolute Gasteiger partial charge is 0.222 e. The molecule has 2 aromatic carbocycles. The van der Waals surface area contributed by atoms with Gasteiger partial charge in [-0.1, -0.05) is 61.8 Å². The van der Waals surface area contributed by atoms with Crippen molar-refractivity contribution in [1.82, 2.24) is 14.5 Å². The Bertz CT molecular complexity index is 1020. The molecular formula is C25H28ClN3O. The number of nitrogens with zero attached hydrogens (tertiary/aromatic N) is 3. The molecule has 156 valence electrons. The average Bonchev–Trinajstić information content (AvgIpc) is 3.34. The Morgan fingerprint density at radius 2 is 1.77 bits per heavy atom. The Morgan fingerprint density at radius 1 is 1.07 bits per heavy atom. The number of halogens is 1. The number of carbonyl (C=O) groups is 1. The summed E-state index contributed by atoms with van der Waals surface area (Å²) in [6, 6.07) is 16.4. The maximum atomic E-state index is 13.1. The third kappa shape index (κ3) is 3.43. The molecule has 0 aliphatic carbocycles. The zero-order valence-corrected chi connectivity index (χ0v) is 18.4. The highest BCUT2D eigenvalue weighted by Gasteiger charge is 2.44. The largest absolute Gasteiger partial charge is 0.343 e. The van der Waals surface area contributed by atoms with E-state index in [-0.39, 0.29) is 5.91 Å². The van der Waals surface area contributed by atoms with Crippen LogP contribution in [0, 0.1) is 0 Å². The molecule has 0 bridgehead atoms. The SMILES string of the molecule is CCCN(CCC)C(=O)CCC1(c2ccc(Cl)cc2)c2ccccc2-c2nccn21. The molecule has 1 atom stereocenters. The van der Waals surface area contributed by atoms with Gasteiger partial charge in [0, 0.05) is 42.5 Å². The van der Waals surface area contributed by atoms with Gasteiger partial charge in [0.2, 0.25) is 5.91 Å². The van der Waals surface area contributed by atoms with Crippen molar-refractivity contribution in [1.29, 1.82) is 0 Å². The summed E-state index contributed by atoms with van der Waals surface area (Å²) in [5.41, 5.74) is 2.98. The van der Waals surface area contributed by atoms with E-state index in [1.165, 1.54) is 5.56 Å². The van der Waals surface area contributed by atoms with Crippen molar-refractivity contribution in [2.24, 2.45) is 0 Å². The van der Waals surface area contributed by atoms with Gasteiger partial charge in [-0.15, -0.1) is 0 Å². The molecule has 1 unspecified atom stereocenters. The fourth-order valence-corrected chi connectivity index (χ4v) is 4.87. The lowest BCUT2D eigenvalue weighted by Crippen LogP contribution is -2.37. The number of carbonyl (C=O) groups excluding carboxylic acids is 1. The van der Waals surface area contributed by atoms with Gasteiger partial charge in [-0.05, 0) is 42.5 Å². The molecule has 0 radical (unpaired) electrons. The van der Waals surface area contributed by atoms with E-state index in [2.05, 4.69) is 53.7 Å². The van der Waals surface area contributed by atoms with Crippen LogP contribution in [0.3, 0.4) is 0 Å². The van der Waals surface area contributed by atoms with Crippen molar-refractivity contribution in [2.75, 3.05) is 13.1 Å². The fraction of sp³-hybridized carbons (Fsp3) is 0.360. The van der Waals surface area contributed by atoms with Crippen molar-refractivity contribution in [3.63, 3.8) is 0 Å². The van der Waals surface area contributed by atoms with Crippen LogP contribution in [0.2, 0.25) is 5.02 Å². The summed E-state index contributed by atoms with van der Waals surface area (Å²) < 4.78 is 2.23. The lowest BCUT2D eigenvalue weighted by Gasteiger charge is -2.34. The first-order chi connectivity index (χ1) is 14.6. The van der Waals surface area contributed by atoms with Gasteiger partial charge in [0.1, 0.15) is 5.82 Å². The van der Waals surface area contributed by atoms with E-state index >= 15 is 0 Å². The van der Waals surface area contributed by atoms with Gasteiger partial charge in [-0.3, -0.25) is 4.79 Å². The zero-order valence-electron chi connectivity index (χ0n) is 17.6. The molecule has 30 heavy (non-hydrogen) atoms. The summed E-state index contributed by atoms with van der Waals surface area (Å²) >= 11 is 6.20. The van der Waals surface area contributed by atoms with E-state index in [0.29, 0.717) is 17.9 Å². The molecule has 2 heterocycles. The Labute approximate surface area is 183 Å². The molecule has 0 N–H and O–H groups in total. The van der Waals surface area contributed by atoms with Crippen LogP contribution in [0.15, 0.2) is 60.9 Å². The second kappa shape index (κ2) is 8.65. The molecule has 4 nitrogen and oxygen atoms in total. The zero-order chi connectivity index (χ0) is 21.1. The molecule has 3 aromatic rings. The number of rotatable bonds is 8. The summed E-state index contributed by atoms with van der Waals surface area (Å²) in [6.45, 7) is 5.87. The van der Waals surface area contributed by atoms with E-state index in [9.17, 15) is 4.79 Å². The van der Waals surface area contributed by atoms with Gasteiger partial charge in [0.25, 0.3) is 0 Å². The Hall–Kier alpha value is -2.59. The van der Waals surface area contributed by atoms with Crippen LogP contribution in [0.5, 0.6) is 0 Å². The second-order valence-corrected chi connectivity index (χ2v) is 8.35. The molecule has 1 aromatic heterocycles. The van der Waals surface area contributed by atoms with Gasteiger partial charge in [0.15, 0.2) is 0 Å². The van der Waals surface area contributed by atoms with Crippen molar-refractivity contribution in [3.8, 4) is 11.4 Å². The van der Waals surface area contributed by atoms with Crippen molar-refractivity contribution in [2.45, 2.75) is 45.1 Å². The Morgan fingerprint density at radius 3 is 2.47 bits per heavy atom. The molecular weight excluding hydrogens is 394 g/mol. The third-order valence-corrected chi connectivity index (χ3v) is 6.28. The van der Waals surface area contributed by atoms with Crippen LogP contribution in [-0.2, 0) is 10.3 Å². The van der Waals surface area contributed by atoms with Crippen LogP contribution >= 0.6 is 11.6 Å². The van der Waals surface area contributed by atoms with Gasteiger partial charge in [0.05, 0.1) is 5.54 Å². The minimum atomic E-state index is -0.466. The molecule has 0 saturated heterocycles. The number of hydrogen-bond acceptors (Lipinski definition) is 2. The molecule has 1 aliphatic rings. The predicted octanol–water partition coefficient (Wildman–Crippen LogP) is 5.74. The highest BCUT2D eigenvalue weighted by Crippen LogP contribution is 2.49. The highest BCUT2D eigenvalue weighted by atomic mass is 35.5. The van der Waals surface area contributed by atoms with Crippen LogP contribution in [0.25, 0.3) is 11.4 Å². The average molecular weight is 422 g/mol. The van der Waals surface area contributed by atoms with E-state index in [0.717, 1.165) is 42.9 Å². The quantitative estimate of drug-likeness (QED) is 0.465. The number of fused-ring (bicyclic) bond motifs is 3. The number of hydrogen-bond donors (Lipinski definition) is 0. The lowest BCUT2D eigenvalue weighted by molar-refractivity contribution is -0.131. The van der Waals surface area contributed by atoms with E-state index < -0.39 is 5.54 Å². The van der Waals surface area contributed by atoms with E-state index in [1.54, 1.807) is 0 Å². The summed E-state index contributed by atoms with van der Waals surface area (Å²) in [7, 11) is 0. The monoisotopic (exact) mass is 421 g/mol. The molecule has 0 fully saturated rings. The number of benzene rings is 2. The maximum absolute atomic E-state index is 13.1. The first-order valence-corrected chi connectivity index (χ1v) is 11.2. The van der Waals surface area contributed by atoms with Crippen LogP contribution in [-0.4, -0.2) is 33.4 Å². The molecule has 5 heteroatoms. The number of aromatic nitrogens is 2. The van der Waals surface area contributed by atoms with E-state index in [4.69, 9.17) is 11.6 Å². The summed E-state index contributed by atoms with van der Waals surface area (Å²) in [6.07, 6.45) is 6.99. The minimum absolute atomic E-state index is 0.220. The topological polar surface area (TPSA) is 38.1 Å². The normalized spacial score (nSPS) is 16.9. The maximum Gasteiger partial charge on any atom is 0.222 e. The molecule has 1 aliphatic heterocycles. The molecule has 0 saturated carbocycles. The molecule has 4 rings (SSSR count). The summed E-state index contributed by atoms with van der Waals surface area (Å²) in [5, 5.41) is 0.708. The Kier molecular flexibility index (Phi) is 5.96. The van der Waals surface area contributed by atoms with Gasteiger partial charge in [-0.2, -0.15) is 0 Å².